The molecule has 1 N–H and O–H groups in total. The monoisotopic (exact) mass is 175 g/mol. The largest absolute Gasteiger partial charge is 0.385 e. The SMILES string of the molecule is Cc1cc(C)cc(NCC2CC2)c1. The predicted octanol–water partition coefficient (Wildman–Crippen LogP) is 3.13. The molecule has 0 bridgehead atoms. The maximum atomic E-state index is 3.49. The Balaban J connectivity index is 2.01. The van der Waals surface area contributed by atoms with E-state index in [0.29, 0.717) is 0 Å². The topological polar surface area (TPSA) is 12.0 Å². The van der Waals surface area contributed by atoms with E-state index in [0.717, 1.165) is 12.5 Å². The van der Waals surface area contributed by atoms with Gasteiger partial charge >= 0.3 is 0 Å². The molecule has 2 rings (SSSR count). The number of aryl methyl sites for hydroxylation is 2. The molecule has 0 amide bonds. The highest BCUT2D eigenvalue weighted by atomic mass is 14.9. The van der Waals surface area contributed by atoms with Crippen LogP contribution < -0.4 is 5.32 Å². The number of rotatable bonds is 3. The molecule has 0 spiro atoms. The number of nitrogens with one attached hydrogen (secondary N) is 1. The van der Waals surface area contributed by atoms with Crippen molar-refractivity contribution in [2.24, 2.45) is 5.92 Å². The minimum atomic E-state index is 0.945. The molecule has 1 aliphatic carbocycles. The summed E-state index contributed by atoms with van der Waals surface area (Å²) in [5.41, 5.74) is 3.97. The highest BCUT2D eigenvalue weighted by molar-refractivity contribution is 5.48. The minimum absolute atomic E-state index is 0.945. The first-order valence-electron chi connectivity index (χ1n) is 5.06. The van der Waals surface area contributed by atoms with Crippen molar-refractivity contribution in [1.29, 1.82) is 0 Å². The summed E-state index contributed by atoms with van der Waals surface area (Å²) in [4.78, 5) is 0. The lowest BCUT2D eigenvalue weighted by atomic mass is 10.1. The third kappa shape index (κ3) is 2.48. The predicted molar refractivity (Wildman–Crippen MR) is 57.1 cm³/mol. The van der Waals surface area contributed by atoms with Gasteiger partial charge in [-0.1, -0.05) is 6.07 Å². The molecule has 70 valence electrons. The molecule has 13 heavy (non-hydrogen) atoms. The van der Waals surface area contributed by atoms with Crippen molar-refractivity contribution in [2.45, 2.75) is 26.7 Å². The van der Waals surface area contributed by atoms with Crippen LogP contribution in [0.5, 0.6) is 0 Å². The molecule has 0 unspecified atom stereocenters. The lowest BCUT2D eigenvalue weighted by Gasteiger charge is -2.07. The molecular weight excluding hydrogens is 158 g/mol. The summed E-state index contributed by atoms with van der Waals surface area (Å²) in [6, 6.07) is 6.65. The van der Waals surface area contributed by atoms with Crippen LogP contribution >= 0.6 is 0 Å². The van der Waals surface area contributed by atoms with Crippen molar-refractivity contribution >= 4 is 5.69 Å². The summed E-state index contributed by atoms with van der Waals surface area (Å²) >= 11 is 0. The Labute approximate surface area is 80.2 Å². The average molecular weight is 175 g/mol. The first-order valence-corrected chi connectivity index (χ1v) is 5.06. The van der Waals surface area contributed by atoms with Crippen LogP contribution in [0.4, 0.5) is 5.69 Å². The van der Waals surface area contributed by atoms with Gasteiger partial charge in [0.05, 0.1) is 0 Å². The Morgan fingerprint density at radius 2 is 1.77 bits per heavy atom. The number of hydrogen-bond acceptors (Lipinski definition) is 1. The molecule has 0 radical (unpaired) electrons. The van der Waals surface area contributed by atoms with Gasteiger partial charge in [0.15, 0.2) is 0 Å². The quantitative estimate of drug-likeness (QED) is 0.744. The highest BCUT2D eigenvalue weighted by Gasteiger charge is 2.20. The fraction of sp³-hybridized carbons (Fsp3) is 0.500. The van der Waals surface area contributed by atoms with Crippen LogP contribution in [0.15, 0.2) is 18.2 Å². The van der Waals surface area contributed by atoms with Gasteiger partial charge in [0.2, 0.25) is 0 Å². The fourth-order valence-electron chi connectivity index (χ4n) is 1.66. The molecule has 0 aromatic heterocycles. The second-order valence-electron chi connectivity index (χ2n) is 4.20. The summed E-state index contributed by atoms with van der Waals surface area (Å²) in [6.07, 6.45) is 2.83. The maximum Gasteiger partial charge on any atom is 0.0345 e. The van der Waals surface area contributed by atoms with Crippen LogP contribution in [0.25, 0.3) is 0 Å². The van der Waals surface area contributed by atoms with E-state index >= 15 is 0 Å². The van der Waals surface area contributed by atoms with Crippen molar-refractivity contribution in [2.75, 3.05) is 11.9 Å². The molecule has 1 heteroatoms. The van der Waals surface area contributed by atoms with E-state index in [1.54, 1.807) is 0 Å². The van der Waals surface area contributed by atoms with Crippen LogP contribution in [0.3, 0.4) is 0 Å². The van der Waals surface area contributed by atoms with Gasteiger partial charge in [-0.05, 0) is 55.9 Å². The van der Waals surface area contributed by atoms with Gasteiger partial charge in [0.25, 0.3) is 0 Å². The summed E-state index contributed by atoms with van der Waals surface area (Å²) in [6.45, 7) is 5.45. The van der Waals surface area contributed by atoms with E-state index in [1.165, 1.54) is 29.7 Å². The number of benzene rings is 1. The zero-order valence-electron chi connectivity index (χ0n) is 8.43. The lowest BCUT2D eigenvalue weighted by molar-refractivity contribution is 0.889. The molecule has 1 fully saturated rings. The van der Waals surface area contributed by atoms with Crippen LogP contribution in [0, 0.1) is 19.8 Å². The molecule has 0 saturated heterocycles. The third-order valence-electron chi connectivity index (χ3n) is 2.51. The van der Waals surface area contributed by atoms with Gasteiger partial charge in [-0.3, -0.25) is 0 Å². The Hall–Kier alpha value is -0.980. The van der Waals surface area contributed by atoms with Crippen LogP contribution in [0.1, 0.15) is 24.0 Å². The Bertz CT molecular complexity index is 280. The van der Waals surface area contributed by atoms with E-state index < -0.39 is 0 Å². The second-order valence-corrected chi connectivity index (χ2v) is 4.20. The summed E-state index contributed by atoms with van der Waals surface area (Å²) in [5, 5.41) is 3.49. The number of hydrogen-bond donors (Lipinski definition) is 1. The molecule has 0 heterocycles. The van der Waals surface area contributed by atoms with Crippen molar-refractivity contribution in [3.8, 4) is 0 Å². The first-order chi connectivity index (χ1) is 6.24. The van der Waals surface area contributed by atoms with Gasteiger partial charge in [-0.2, -0.15) is 0 Å². The Morgan fingerprint density at radius 3 is 2.31 bits per heavy atom. The molecule has 1 aromatic rings. The molecule has 1 nitrogen and oxygen atoms in total. The van der Waals surface area contributed by atoms with Gasteiger partial charge in [0, 0.05) is 12.2 Å². The second kappa shape index (κ2) is 3.41. The Morgan fingerprint density at radius 1 is 1.15 bits per heavy atom. The molecular formula is C12H17N. The zero-order valence-corrected chi connectivity index (χ0v) is 8.43. The normalized spacial score (nSPS) is 15.8. The molecule has 0 atom stereocenters. The molecule has 0 aliphatic heterocycles. The standard InChI is InChI=1S/C12H17N/c1-9-5-10(2)7-12(6-9)13-8-11-3-4-11/h5-7,11,13H,3-4,8H2,1-2H3. The van der Waals surface area contributed by atoms with Crippen molar-refractivity contribution in [3.05, 3.63) is 29.3 Å². The first kappa shape index (κ1) is 8.61. The van der Waals surface area contributed by atoms with Crippen LogP contribution in [0.2, 0.25) is 0 Å². The lowest BCUT2D eigenvalue weighted by Crippen LogP contribution is -2.03. The van der Waals surface area contributed by atoms with Crippen molar-refractivity contribution in [1.82, 2.24) is 0 Å². The van der Waals surface area contributed by atoms with Crippen LogP contribution in [-0.2, 0) is 0 Å². The maximum absolute atomic E-state index is 3.49. The van der Waals surface area contributed by atoms with Gasteiger partial charge in [-0.25, -0.2) is 0 Å². The van der Waals surface area contributed by atoms with Gasteiger partial charge in [0.1, 0.15) is 0 Å². The van der Waals surface area contributed by atoms with E-state index in [-0.39, 0.29) is 0 Å². The van der Waals surface area contributed by atoms with E-state index in [9.17, 15) is 0 Å². The zero-order chi connectivity index (χ0) is 9.26. The van der Waals surface area contributed by atoms with Crippen LogP contribution in [-0.4, -0.2) is 6.54 Å². The molecule has 1 aromatic carbocycles. The highest BCUT2D eigenvalue weighted by Crippen LogP contribution is 2.29. The third-order valence-corrected chi connectivity index (χ3v) is 2.51. The minimum Gasteiger partial charge on any atom is -0.385 e. The average Bonchev–Trinajstić information content (AvgIpc) is 2.81. The van der Waals surface area contributed by atoms with Crippen molar-refractivity contribution in [3.63, 3.8) is 0 Å². The van der Waals surface area contributed by atoms with E-state index in [4.69, 9.17) is 0 Å². The van der Waals surface area contributed by atoms with Crippen molar-refractivity contribution < 1.29 is 0 Å². The molecule has 1 aliphatic rings. The summed E-state index contributed by atoms with van der Waals surface area (Å²) in [5.74, 6) is 0.945. The van der Waals surface area contributed by atoms with Gasteiger partial charge < -0.3 is 5.32 Å². The molecule has 1 saturated carbocycles. The Kier molecular flexibility index (Phi) is 2.26. The van der Waals surface area contributed by atoms with E-state index in [1.807, 2.05) is 0 Å². The van der Waals surface area contributed by atoms with E-state index in [2.05, 4.69) is 37.4 Å². The smallest absolute Gasteiger partial charge is 0.0345 e. The van der Waals surface area contributed by atoms with Gasteiger partial charge in [-0.15, -0.1) is 0 Å². The fourth-order valence-corrected chi connectivity index (χ4v) is 1.66. The summed E-state index contributed by atoms with van der Waals surface area (Å²) < 4.78 is 0. The number of anilines is 1. The summed E-state index contributed by atoms with van der Waals surface area (Å²) in [7, 11) is 0.